The van der Waals surface area contributed by atoms with E-state index in [2.05, 4.69) is 24.9 Å². The summed E-state index contributed by atoms with van der Waals surface area (Å²) in [5.74, 6) is 0.558. The highest BCUT2D eigenvalue weighted by molar-refractivity contribution is 5.87. The third-order valence-electron chi connectivity index (χ3n) is 6.40. The second-order valence-electron chi connectivity index (χ2n) is 7.80. The van der Waals surface area contributed by atoms with Crippen molar-refractivity contribution in [2.45, 2.75) is 44.9 Å². The van der Waals surface area contributed by atoms with Gasteiger partial charge in [0.15, 0.2) is 11.6 Å². The van der Waals surface area contributed by atoms with E-state index < -0.39 is 5.92 Å². The average molecular weight is 345 g/mol. The van der Waals surface area contributed by atoms with E-state index in [4.69, 9.17) is 4.98 Å². The Balaban J connectivity index is 1.84. The number of carbonyl (C=O) groups is 1. The van der Waals surface area contributed by atoms with Gasteiger partial charge in [-0.25, -0.2) is 9.97 Å². The van der Waals surface area contributed by atoms with Gasteiger partial charge in [-0.1, -0.05) is 44.2 Å². The van der Waals surface area contributed by atoms with Crippen LogP contribution in [-0.2, 0) is 16.6 Å². The predicted octanol–water partition coefficient (Wildman–Crippen LogP) is 4.10. The molecular formula is C22H23N3O. The van der Waals surface area contributed by atoms with Gasteiger partial charge in [0.25, 0.3) is 0 Å². The van der Waals surface area contributed by atoms with Gasteiger partial charge in [0, 0.05) is 23.1 Å². The number of fused-ring (bicyclic) bond motifs is 3. The maximum atomic E-state index is 12.7. The van der Waals surface area contributed by atoms with Gasteiger partial charge < -0.3 is 0 Å². The summed E-state index contributed by atoms with van der Waals surface area (Å²) >= 11 is 0. The molecule has 4 heteroatoms. The molecule has 1 unspecified atom stereocenters. The van der Waals surface area contributed by atoms with Gasteiger partial charge in [0.05, 0.1) is 11.8 Å². The summed E-state index contributed by atoms with van der Waals surface area (Å²) in [7, 11) is 0. The van der Waals surface area contributed by atoms with Crippen LogP contribution in [0.2, 0.25) is 0 Å². The summed E-state index contributed by atoms with van der Waals surface area (Å²) in [5, 5.41) is 9.56. The van der Waals surface area contributed by atoms with Gasteiger partial charge >= 0.3 is 0 Å². The molecule has 4 nitrogen and oxygen atoms in total. The first-order valence-electron chi connectivity index (χ1n) is 9.43. The Morgan fingerprint density at radius 1 is 1.31 bits per heavy atom. The number of ketones is 1. The molecule has 0 amide bonds. The molecule has 0 bridgehead atoms. The van der Waals surface area contributed by atoms with E-state index in [-0.39, 0.29) is 23.0 Å². The minimum atomic E-state index is -0.526. The van der Waals surface area contributed by atoms with Crippen molar-refractivity contribution < 1.29 is 4.79 Å². The molecule has 132 valence electrons. The zero-order valence-corrected chi connectivity index (χ0v) is 15.3. The number of benzene rings is 1. The van der Waals surface area contributed by atoms with E-state index in [9.17, 15) is 10.1 Å². The summed E-state index contributed by atoms with van der Waals surface area (Å²) in [6, 6.07) is 12.2. The van der Waals surface area contributed by atoms with Crippen LogP contribution in [0.3, 0.4) is 0 Å². The summed E-state index contributed by atoms with van der Waals surface area (Å²) in [5.41, 5.74) is 2.98. The van der Waals surface area contributed by atoms with Crippen LogP contribution in [0.5, 0.6) is 0 Å². The van der Waals surface area contributed by atoms with Crippen LogP contribution < -0.4 is 0 Å². The number of aryl methyl sites for hydroxylation is 1. The Bertz CT molecular complexity index is 886. The lowest BCUT2D eigenvalue weighted by Gasteiger charge is -2.49. The number of rotatable bonds is 2. The SMILES string of the molecule is CC[C@@H]1C(=O)C(C#N)C[C@]2(C)c3nc(-c4ccccc4)ncc3CC[C@@H]12. The molecule has 2 aromatic rings. The molecule has 0 radical (unpaired) electrons. The van der Waals surface area contributed by atoms with Crippen molar-refractivity contribution in [3.8, 4) is 17.5 Å². The van der Waals surface area contributed by atoms with Crippen LogP contribution in [0.4, 0.5) is 0 Å². The Morgan fingerprint density at radius 3 is 2.77 bits per heavy atom. The molecule has 2 aliphatic rings. The Morgan fingerprint density at radius 2 is 2.08 bits per heavy atom. The molecule has 1 heterocycles. The van der Waals surface area contributed by atoms with Crippen molar-refractivity contribution in [3.05, 3.63) is 47.8 Å². The first-order chi connectivity index (χ1) is 12.6. The van der Waals surface area contributed by atoms with Gasteiger partial charge in [0.1, 0.15) is 5.92 Å². The van der Waals surface area contributed by atoms with Crippen molar-refractivity contribution in [2.24, 2.45) is 17.8 Å². The smallest absolute Gasteiger partial charge is 0.159 e. The van der Waals surface area contributed by atoms with Gasteiger partial charge in [-0.3, -0.25) is 4.79 Å². The van der Waals surface area contributed by atoms with Gasteiger partial charge in [-0.2, -0.15) is 5.26 Å². The Kier molecular flexibility index (Phi) is 4.11. The minimum Gasteiger partial charge on any atom is -0.298 e. The lowest BCUT2D eigenvalue weighted by atomic mass is 9.53. The van der Waals surface area contributed by atoms with Crippen LogP contribution in [0.15, 0.2) is 36.5 Å². The fourth-order valence-electron chi connectivity index (χ4n) is 5.09. The Hall–Kier alpha value is -2.54. The van der Waals surface area contributed by atoms with E-state index in [0.717, 1.165) is 36.3 Å². The van der Waals surface area contributed by atoms with Crippen molar-refractivity contribution >= 4 is 5.78 Å². The fraction of sp³-hybridized carbons (Fsp3) is 0.455. The summed E-state index contributed by atoms with van der Waals surface area (Å²) in [4.78, 5) is 22.3. The number of carbonyl (C=O) groups excluding carboxylic acids is 1. The second kappa shape index (κ2) is 6.32. The normalized spacial score (nSPS) is 30.2. The molecule has 2 aliphatic carbocycles. The third-order valence-corrected chi connectivity index (χ3v) is 6.40. The zero-order valence-electron chi connectivity index (χ0n) is 15.3. The number of Topliss-reactive ketones (excluding diaryl/α,β-unsaturated/α-hetero) is 1. The highest BCUT2D eigenvalue weighted by Crippen LogP contribution is 2.52. The van der Waals surface area contributed by atoms with E-state index in [1.165, 1.54) is 5.56 Å². The molecule has 1 saturated carbocycles. The molecule has 26 heavy (non-hydrogen) atoms. The molecule has 1 aromatic heterocycles. The van der Waals surface area contributed by atoms with E-state index in [0.29, 0.717) is 6.42 Å². The molecule has 1 aromatic carbocycles. The molecular weight excluding hydrogens is 322 g/mol. The van der Waals surface area contributed by atoms with Crippen LogP contribution in [0.25, 0.3) is 11.4 Å². The maximum absolute atomic E-state index is 12.7. The number of aromatic nitrogens is 2. The standard InChI is InChI=1S/C22H23N3O/c1-3-17-18-10-9-15-13-24-21(14-7-5-4-6-8-14)25-20(15)22(18,2)11-16(12-23)19(17)26/h4-8,13,16-18H,3,9-11H2,1-2H3/t16?,17-,18-,22-/m0/s1. The van der Waals surface area contributed by atoms with Crippen LogP contribution in [-0.4, -0.2) is 15.8 Å². The highest BCUT2D eigenvalue weighted by atomic mass is 16.1. The van der Waals surface area contributed by atoms with E-state index in [1.54, 1.807) is 0 Å². The van der Waals surface area contributed by atoms with Gasteiger partial charge in [0.2, 0.25) is 0 Å². The van der Waals surface area contributed by atoms with Crippen molar-refractivity contribution in [3.63, 3.8) is 0 Å². The predicted molar refractivity (Wildman–Crippen MR) is 99.1 cm³/mol. The number of nitriles is 1. The highest BCUT2D eigenvalue weighted by Gasteiger charge is 2.53. The van der Waals surface area contributed by atoms with Gasteiger partial charge in [-0.05, 0) is 37.2 Å². The largest absolute Gasteiger partial charge is 0.298 e. The number of hydrogen-bond donors (Lipinski definition) is 0. The lowest BCUT2D eigenvalue weighted by Crippen LogP contribution is -2.51. The van der Waals surface area contributed by atoms with Crippen molar-refractivity contribution in [2.75, 3.05) is 0 Å². The topological polar surface area (TPSA) is 66.6 Å². The summed E-state index contributed by atoms with van der Waals surface area (Å²) < 4.78 is 0. The first kappa shape index (κ1) is 16.9. The molecule has 0 saturated heterocycles. The molecule has 0 spiro atoms. The molecule has 4 atom stereocenters. The quantitative estimate of drug-likeness (QED) is 0.822. The average Bonchev–Trinajstić information content (AvgIpc) is 2.68. The monoisotopic (exact) mass is 345 g/mol. The molecule has 4 rings (SSSR count). The van der Waals surface area contributed by atoms with Crippen molar-refractivity contribution in [1.29, 1.82) is 5.26 Å². The molecule has 1 fully saturated rings. The zero-order chi connectivity index (χ0) is 18.3. The number of hydrogen-bond acceptors (Lipinski definition) is 4. The third kappa shape index (κ3) is 2.46. The van der Waals surface area contributed by atoms with Crippen LogP contribution >= 0.6 is 0 Å². The number of nitrogens with zero attached hydrogens (tertiary/aromatic N) is 3. The molecule has 0 N–H and O–H groups in total. The lowest BCUT2D eigenvalue weighted by molar-refractivity contribution is -0.133. The first-order valence-corrected chi connectivity index (χ1v) is 9.43. The summed E-state index contributed by atoms with van der Waals surface area (Å²) in [6.45, 7) is 4.27. The Labute approximate surface area is 154 Å². The van der Waals surface area contributed by atoms with Crippen LogP contribution in [0, 0.1) is 29.1 Å². The summed E-state index contributed by atoms with van der Waals surface area (Å²) in [6.07, 6.45) is 5.20. The second-order valence-corrected chi connectivity index (χ2v) is 7.80. The maximum Gasteiger partial charge on any atom is 0.159 e. The fourth-order valence-corrected chi connectivity index (χ4v) is 5.09. The minimum absolute atomic E-state index is 0.0401. The van der Waals surface area contributed by atoms with Crippen molar-refractivity contribution in [1.82, 2.24) is 9.97 Å². The van der Waals surface area contributed by atoms with E-state index in [1.807, 2.05) is 36.5 Å². The van der Waals surface area contributed by atoms with E-state index >= 15 is 0 Å². The van der Waals surface area contributed by atoms with Crippen LogP contribution in [0.1, 0.15) is 44.4 Å². The molecule has 0 aliphatic heterocycles. The van der Waals surface area contributed by atoms with Gasteiger partial charge in [-0.15, -0.1) is 0 Å².